The van der Waals surface area contributed by atoms with Crippen LogP contribution >= 0.6 is 11.3 Å². The predicted molar refractivity (Wildman–Crippen MR) is 94.2 cm³/mol. The minimum absolute atomic E-state index is 0.276. The Morgan fingerprint density at radius 1 is 1.33 bits per heavy atom. The molecule has 7 nitrogen and oxygen atoms in total. The maximum atomic E-state index is 12.5. The Kier molecular flexibility index (Phi) is 6.56. The molecule has 0 aromatic carbocycles. The molecular weight excluding hydrogens is 328 g/mol. The standard InChI is InChI=1S/C16H26N4O3S/c1-16(2,3)23-15(22)18-12(11-20-8-5-4-6-9-20)13(21)19-14-17-7-10-24-14/h7,10,12H,4-6,8-9,11H2,1-3H3,(H,18,22)(H,17,19,21). The molecule has 0 aliphatic carbocycles. The molecule has 0 bridgehead atoms. The predicted octanol–water partition coefficient (Wildman–Crippen LogP) is 2.46. The van der Waals surface area contributed by atoms with Crippen molar-refractivity contribution in [1.29, 1.82) is 0 Å². The lowest BCUT2D eigenvalue weighted by Crippen LogP contribution is -2.52. The third kappa shape index (κ3) is 6.45. The van der Waals surface area contributed by atoms with Crippen molar-refractivity contribution in [3.63, 3.8) is 0 Å². The lowest BCUT2D eigenvalue weighted by Gasteiger charge is -2.30. The van der Waals surface area contributed by atoms with E-state index >= 15 is 0 Å². The van der Waals surface area contributed by atoms with Crippen molar-refractivity contribution in [1.82, 2.24) is 15.2 Å². The highest BCUT2D eigenvalue weighted by molar-refractivity contribution is 7.13. The average molecular weight is 354 g/mol. The van der Waals surface area contributed by atoms with E-state index in [2.05, 4.69) is 20.5 Å². The third-order valence-corrected chi connectivity index (χ3v) is 4.25. The molecule has 134 valence electrons. The molecule has 1 unspecified atom stereocenters. The average Bonchev–Trinajstić information content (AvgIpc) is 2.98. The maximum Gasteiger partial charge on any atom is 0.408 e. The Morgan fingerprint density at radius 3 is 2.62 bits per heavy atom. The zero-order valence-electron chi connectivity index (χ0n) is 14.5. The molecule has 0 spiro atoms. The fourth-order valence-electron chi connectivity index (χ4n) is 2.52. The number of amides is 2. The summed E-state index contributed by atoms with van der Waals surface area (Å²) in [5, 5.41) is 7.76. The van der Waals surface area contributed by atoms with Crippen molar-refractivity contribution in [3.8, 4) is 0 Å². The summed E-state index contributed by atoms with van der Waals surface area (Å²) in [5.41, 5.74) is -0.606. The van der Waals surface area contributed by atoms with E-state index in [1.807, 2.05) is 0 Å². The van der Waals surface area contributed by atoms with Gasteiger partial charge in [-0.25, -0.2) is 9.78 Å². The molecule has 8 heteroatoms. The van der Waals surface area contributed by atoms with Gasteiger partial charge in [-0.1, -0.05) is 6.42 Å². The van der Waals surface area contributed by atoms with Gasteiger partial charge in [0, 0.05) is 18.1 Å². The molecule has 1 aromatic heterocycles. The minimum Gasteiger partial charge on any atom is -0.444 e. The van der Waals surface area contributed by atoms with Crippen molar-refractivity contribution in [2.24, 2.45) is 0 Å². The first kappa shape index (κ1) is 18.7. The molecule has 2 amide bonds. The van der Waals surface area contributed by atoms with E-state index in [4.69, 9.17) is 4.74 Å². The summed E-state index contributed by atoms with van der Waals surface area (Å²) >= 11 is 1.34. The molecule has 1 aliphatic heterocycles. The Morgan fingerprint density at radius 2 is 2.04 bits per heavy atom. The summed E-state index contributed by atoms with van der Waals surface area (Å²) in [6, 6.07) is -0.679. The van der Waals surface area contributed by atoms with Gasteiger partial charge in [0.25, 0.3) is 0 Å². The fraction of sp³-hybridized carbons (Fsp3) is 0.688. The number of carbonyl (C=O) groups is 2. The summed E-state index contributed by atoms with van der Waals surface area (Å²) in [5.74, 6) is -0.276. The second-order valence-electron chi connectivity index (χ2n) is 6.89. The second-order valence-corrected chi connectivity index (χ2v) is 7.78. The molecular formula is C16H26N4O3S. The number of aromatic nitrogens is 1. The normalized spacial score (nSPS) is 17.1. The lowest BCUT2D eigenvalue weighted by atomic mass is 10.1. The van der Waals surface area contributed by atoms with E-state index in [1.54, 1.807) is 32.3 Å². The summed E-state index contributed by atoms with van der Waals surface area (Å²) in [6.07, 6.45) is 4.49. The van der Waals surface area contributed by atoms with Crippen molar-refractivity contribution in [3.05, 3.63) is 11.6 Å². The number of likely N-dealkylation sites (tertiary alicyclic amines) is 1. The van der Waals surface area contributed by atoms with E-state index in [0.717, 1.165) is 25.9 Å². The molecule has 1 aliphatic rings. The first-order valence-electron chi connectivity index (χ1n) is 8.26. The maximum absolute atomic E-state index is 12.5. The van der Waals surface area contributed by atoms with Crippen LogP contribution < -0.4 is 10.6 Å². The Bertz CT molecular complexity index is 536. The first-order valence-corrected chi connectivity index (χ1v) is 9.14. The van der Waals surface area contributed by atoms with Crippen LogP contribution in [0.5, 0.6) is 0 Å². The molecule has 1 atom stereocenters. The molecule has 2 heterocycles. The summed E-state index contributed by atoms with van der Waals surface area (Å²) < 4.78 is 5.28. The fourth-order valence-corrected chi connectivity index (χ4v) is 3.05. The summed E-state index contributed by atoms with van der Waals surface area (Å²) in [6.45, 7) is 7.73. The van der Waals surface area contributed by atoms with Gasteiger partial charge in [-0.05, 0) is 46.7 Å². The number of nitrogens with zero attached hydrogens (tertiary/aromatic N) is 2. The number of ether oxygens (including phenoxy) is 1. The number of thiazole rings is 1. The van der Waals surface area contributed by atoms with Gasteiger partial charge in [-0.3, -0.25) is 4.79 Å². The number of carbonyl (C=O) groups excluding carboxylic acids is 2. The van der Waals surface area contributed by atoms with E-state index in [-0.39, 0.29) is 5.91 Å². The van der Waals surface area contributed by atoms with Crippen molar-refractivity contribution >= 4 is 28.5 Å². The number of anilines is 1. The van der Waals surface area contributed by atoms with Crippen molar-refractivity contribution in [2.75, 3.05) is 25.0 Å². The molecule has 1 aromatic rings. The smallest absolute Gasteiger partial charge is 0.408 e. The third-order valence-electron chi connectivity index (χ3n) is 3.56. The van der Waals surface area contributed by atoms with Crippen molar-refractivity contribution in [2.45, 2.75) is 51.7 Å². The quantitative estimate of drug-likeness (QED) is 0.849. The minimum atomic E-state index is -0.679. The zero-order valence-corrected chi connectivity index (χ0v) is 15.3. The van der Waals surface area contributed by atoms with Crippen LogP contribution in [0.25, 0.3) is 0 Å². The molecule has 2 rings (SSSR count). The van der Waals surface area contributed by atoms with E-state index in [0.29, 0.717) is 11.7 Å². The van der Waals surface area contributed by atoms with Gasteiger partial charge in [0.2, 0.25) is 5.91 Å². The van der Waals surface area contributed by atoms with E-state index in [9.17, 15) is 9.59 Å². The monoisotopic (exact) mass is 354 g/mol. The molecule has 1 saturated heterocycles. The molecule has 24 heavy (non-hydrogen) atoms. The SMILES string of the molecule is CC(C)(C)OC(=O)NC(CN1CCCCC1)C(=O)Nc1nccs1. The number of alkyl carbamates (subject to hydrolysis) is 1. The van der Waals surface area contributed by atoms with Gasteiger partial charge >= 0.3 is 6.09 Å². The molecule has 0 saturated carbocycles. The van der Waals surface area contributed by atoms with E-state index < -0.39 is 17.7 Å². The van der Waals surface area contributed by atoms with Gasteiger partial charge in [0.15, 0.2) is 5.13 Å². The first-order chi connectivity index (χ1) is 11.3. The summed E-state index contributed by atoms with van der Waals surface area (Å²) in [4.78, 5) is 30.9. The Balaban J connectivity index is 1.99. The topological polar surface area (TPSA) is 83.6 Å². The van der Waals surface area contributed by atoms with Gasteiger partial charge in [0.1, 0.15) is 11.6 Å². The van der Waals surface area contributed by atoms with E-state index in [1.165, 1.54) is 17.8 Å². The van der Waals surface area contributed by atoms with Crippen LogP contribution in [0.15, 0.2) is 11.6 Å². The number of hydrogen-bond acceptors (Lipinski definition) is 6. The molecule has 2 N–H and O–H groups in total. The summed E-state index contributed by atoms with van der Waals surface area (Å²) in [7, 11) is 0. The van der Waals surface area contributed by atoms with Crippen LogP contribution in [-0.2, 0) is 9.53 Å². The van der Waals surface area contributed by atoms with Gasteiger partial charge in [-0.15, -0.1) is 11.3 Å². The van der Waals surface area contributed by atoms with Crippen LogP contribution in [-0.4, -0.2) is 53.2 Å². The highest BCUT2D eigenvalue weighted by Crippen LogP contribution is 2.13. The largest absolute Gasteiger partial charge is 0.444 e. The lowest BCUT2D eigenvalue weighted by molar-refractivity contribution is -0.118. The van der Waals surface area contributed by atoms with Gasteiger partial charge in [0.05, 0.1) is 0 Å². The highest BCUT2D eigenvalue weighted by atomic mass is 32.1. The zero-order chi connectivity index (χ0) is 17.6. The van der Waals surface area contributed by atoms with Crippen molar-refractivity contribution < 1.29 is 14.3 Å². The number of nitrogens with one attached hydrogen (secondary N) is 2. The number of hydrogen-bond donors (Lipinski definition) is 2. The van der Waals surface area contributed by atoms with Crippen LogP contribution in [0.2, 0.25) is 0 Å². The van der Waals surface area contributed by atoms with Crippen LogP contribution in [0.4, 0.5) is 9.93 Å². The Labute approximate surface area is 146 Å². The van der Waals surface area contributed by atoms with Crippen LogP contribution in [0.1, 0.15) is 40.0 Å². The van der Waals surface area contributed by atoms with Gasteiger partial charge in [-0.2, -0.15) is 0 Å². The number of piperidine rings is 1. The van der Waals surface area contributed by atoms with Crippen LogP contribution in [0.3, 0.4) is 0 Å². The molecule has 1 fully saturated rings. The van der Waals surface area contributed by atoms with Crippen LogP contribution in [0, 0.1) is 0 Å². The highest BCUT2D eigenvalue weighted by Gasteiger charge is 2.27. The number of rotatable bonds is 5. The Hall–Kier alpha value is -1.67. The molecule has 0 radical (unpaired) electrons. The second kappa shape index (κ2) is 8.43. The van der Waals surface area contributed by atoms with Gasteiger partial charge < -0.3 is 20.3 Å².